The van der Waals surface area contributed by atoms with Crippen molar-refractivity contribution in [3.05, 3.63) is 52.0 Å². The highest BCUT2D eigenvalue weighted by Gasteiger charge is 2.33. The van der Waals surface area contributed by atoms with E-state index in [1.807, 2.05) is 17.5 Å². The smallest absolute Gasteiger partial charge is 0.246 e. The minimum absolute atomic E-state index is 0.0303. The SMILES string of the molecule is O=C(CCCc1cccs1)N1CCN(S(=O)(=O)c2ccc(F)c(F)c2F)CC1. The summed E-state index contributed by atoms with van der Waals surface area (Å²) in [6.07, 6.45) is 1.88. The second kappa shape index (κ2) is 8.62. The molecular weight excluding hydrogens is 413 g/mol. The maximum Gasteiger partial charge on any atom is 0.246 e. The summed E-state index contributed by atoms with van der Waals surface area (Å²) in [7, 11) is -4.31. The van der Waals surface area contributed by atoms with Gasteiger partial charge >= 0.3 is 0 Å². The lowest BCUT2D eigenvalue weighted by molar-refractivity contribution is -0.132. The van der Waals surface area contributed by atoms with Crippen molar-refractivity contribution in [3.8, 4) is 0 Å². The van der Waals surface area contributed by atoms with Crippen LogP contribution in [0.25, 0.3) is 0 Å². The van der Waals surface area contributed by atoms with Crippen LogP contribution in [0.1, 0.15) is 17.7 Å². The van der Waals surface area contributed by atoms with Gasteiger partial charge in [-0.1, -0.05) is 6.07 Å². The van der Waals surface area contributed by atoms with Gasteiger partial charge in [-0.05, 0) is 36.4 Å². The molecule has 0 bridgehead atoms. The van der Waals surface area contributed by atoms with E-state index < -0.39 is 32.4 Å². The molecule has 0 spiro atoms. The molecule has 1 aromatic heterocycles. The summed E-state index contributed by atoms with van der Waals surface area (Å²) >= 11 is 1.64. The molecule has 28 heavy (non-hydrogen) atoms. The van der Waals surface area contributed by atoms with Gasteiger partial charge in [0.2, 0.25) is 15.9 Å². The number of rotatable bonds is 6. The first-order valence-electron chi connectivity index (χ1n) is 8.74. The number of benzene rings is 1. The molecule has 1 aliphatic heterocycles. The first kappa shape index (κ1) is 20.8. The fourth-order valence-electron chi connectivity index (χ4n) is 3.05. The zero-order chi connectivity index (χ0) is 20.3. The number of nitrogens with zero attached hydrogens (tertiary/aromatic N) is 2. The van der Waals surface area contributed by atoms with Crippen molar-refractivity contribution in [2.24, 2.45) is 0 Å². The Morgan fingerprint density at radius 2 is 1.75 bits per heavy atom. The normalized spacial score (nSPS) is 15.8. The van der Waals surface area contributed by atoms with Crippen LogP contribution in [-0.4, -0.2) is 49.7 Å². The van der Waals surface area contributed by atoms with E-state index in [2.05, 4.69) is 0 Å². The summed E-state index contributed by atoms with van der Waals surface area (Å²) in [4.78, 5) is 14.2. The fourth-order valence-corrected chi connectivity index (χ4v) is 5.28. The number of thiophene rings is 1. The van der Waals surface area contributed by atoms with Crippen molar-refractivity contribution < 1.29 is 26.4 Å². The molecule has 0 unspecified atom stereocenters. The van der Waals surface area contributed by atoms with E-state index in [-0.39, 0.29) is 32.1 Å². The van der Waals surface area contributed by atoms with Crippen molar-refractivity contribution in [3.63, 3.8) is 0 Å². The van der Waals surface area contributed by atoms with Crippen molar-refractivity contribution >= 4 is 27.3 Å². The topological polar surface area (TPSA) is 57.7 Å². The number of carbonyl (C=O) groups excluding carboxylic acids is 1. The van der Waals surface area contributed by atoms with Gasteiger partial charge in [-0.3, -0.25) is 4.79 Å². The molecule has 2 heterocycles. The molecular formula is C18H19F3N2O3S2. The standard InChI is InChI=1S/C18H19F3N2O3S2/c19-14-6-7-15(18(21)17(14)20)28(25,26)23-10-8-22(9-11-23)16(24)5-1-3-13-4-2-12-27-13/h2,4,6-7,12H,1,3,5,8-11H2. The fraction of sp³-hybridized carbons (Fsp3) is 0.389. The largest absolute Gasteiger partial charge is 0.340 e. The molecule has 1 fully saturated rings. The number of aryl methyl sites for hydroxylation is 1. The van der Waals surface area contributed by atoms with Crippen molar-refractivity contribution in [1.29, 1.82) is 0 Å². The number of halogens is 3. The third kappa shape index (κ3) is 4.39. The molecule has 0 aliphatic carbocycles. The van der Waals surface area contributed by atoms with Crippen LogP contribution < -0.4 is 0 Å². The van der Waals surface area contributed by atoms with Gasteiger partial charge in [-0.2, -0.15) is 4.31 Å². The van der Waals surface area contributed by atoms with Crippen molar-refractivity contribution in [2.75, 3.05) is 26.2 Å². The molecule has 2 aromatic rings. The van der Waals surface area contributed by atoms with Crippen LogP contribution in [0.2, 0.25) is 0 Å². The molecule has 152 valence electrons. The van der Waals surface area contributed by atoms with Gasteiger partial charge in [-0.15, -0.1) is 11.3 Å². The Morgan fingerprint density at radius 3 is 2.39 bits per heavy atom. The monoisotopic (exact) mass is 432 g/mol. The van der Waals surface area contributed by atoms with Crippen LogP contribution in [0.5, 0.6) is 0 Å². The lowest BCUT2D eigenvalue weighted by Gasteiger charge is -2.34. The molecule has 5 nitrogen and oxygen atoms in total. The summed E-state index contributed by atoms with van der Waals surface area (Å²) in [5.74, 6) is -5.06. The summed E-state index contributed by atoms with van der Waals surface area (Å²) < 4.78 is 66.4. The van der Waals surface area contributed by atoms with E-state index >= 15 is 0 Å². The molecule has 10 heteroatoms. The second-order valence-corrected chi connectivity index (χ2v) is 9.33. The summed E-state index contributed by atoms with van der Waals surface area (Å²) in [6, 6.07) is 5.26. The molecule has 1 amide bonds. The molecule has 0 atom stereocenters. The third-order valence-electron chi connectivity index (χ3n) is 4.60. The Morgan fingerprint density at radius 1 is 1.04 bits per heavy atom. The zero-order valence-corrected chi connectivity index (χ0v) is 16.5. The molecule has 1 saturated heterocycles. The molecule has 1 aliphatic rings. The maximum atomic E-state index is 13.9. The van der Waals surface area contributed by atoms with Gasteiger partial charge in [-0.25, -0.2) is 21.6 Å². The Labute approximate surface area is 165 Å². The Balaban J connectivity index is 1.57. The predicted molar refractivity (Wildman–Crippen MR) is 98.9 cm³/mol. The predicted octanol–water partition coefficient (Wildman–Crippen LogP) is 3.02. The van der Waals surface area contributed by atoms with Crippen LogP contribution >= 0.6 is 11.3 Å². The number of carbonyl (C=O) groups is 1. The van der Waals surface area contributed by atoms with Crippen LogP contribution in [-0.2, 0) is 21.2 Å². The molecule has 0 saturated carbocycles. The maximum absolute atomic E-state index is 13.9. The number of hydrogen-bond donors (Lipinski definition) is 0. The van der Waals surface area contributed by atoms with E-state index in [9.17, 15) is 26.4 Å². The first-order valence-corrected chi connectivity index (χ1v) is 11.1. The van der Waals surface area contributed by atoms with Gasteiger partial charge in [0.15, 0.2) is 17.5 Å². The van der Waals surface area contributed by atoms with Gasteiger partial charge in [0, 0.05) is 37.5 Å². The first-order chi connectivity index (χ1) is 13.3. The second-order valence-electron chi connectivity index (χ2n) is 6.39. The van der Waals surface area contributed by atoms with E-state index in [1.54, 1.807) is 16.2 Å². The summed E-state index contributed by atoms with van der Waals surface area (Å²) in [6.45, 7) is 0.277. The van der Waals surface area contributed by atoms with Gasteiger partial charge in [0.25, 0.3) is 0 Å². The summed E-state index contributed by atoms with van der Waals surface area (Å²) in [5, 5.41) is 1.98. The lowest BCUT2D eigenvalue weighted by Crippen LogP contribution is -2.50. The third-order valence-corrected chi connectivity index (χ3v) is 7.46. The van der Waals surface area contributed by atoms with Gasteiger partial charge < -0.3 is 4.90 Å². The van der Waals surface area contributed by atoms with E-state index in [0.717, 1.165) is 10.7 Å². The van der Waals surface area contributed by atoms with E-state index in [0.29, 0.717) is 25.0 Å². The molecule has 0 N–H and O–H groups in total. The van der Waals surface area contributed by atoms with Crippen molar-refractivity contribution in [2.45, 2.75) is 24.2 Å². The van der Waals surface area contributed by atoms with Gasteiger partial charge in [0.05, 0.1) is 0 Å². The zero-order valence-electron chi connectivity index (χ0n) is 14.9. The summed E-state index contributed by atoms with van der Waals surface area (Å²) in [5.41, 5.74) is 0. The molecule has 1 aromatic carbocycles. The average Bonchev–Trinajstić information content (AvgIpc) is 3.19. The van der Waals surface area contributed by atoms with Crippen LogP contribution in [0, 0.1) is 17.5 Å². The quantitative estimate of drug-likeness (QED) is 0.660. The van der Waals surface area contributed by atoms with Gasteiger partial charge in [0.1, 0.15) is 4.90 Å². The Hall–Kier alpha value is -1.91. The highest BCUT2D eigenvalue weighted by Crippen LogP contribution is 2.24. The minimum atomic E-state index is -4.31. The van der Waals surface area contributed by atoms with Crippen molar-refractivity contribution in [1.82, 2.24) is 9.21 Å². The molecule has 0 radical (unpaired) electrons. The van der Waals surface area contributed by atoms with E-state index in [4.69, 9.17) is 0 Å². The average molecular weight is 432 g/mol. The Kier molecular flexibility index (Phi) is 6.41. The minimum Gasteiger partial charge on any atom is -0.340 e. The molecule has 3 rings (SSSR count). The highest BCUT2D eigenvalue weighted by atomic mass is 32.2. The lowest BCUT2D eigenvalue weighted by atomic mass is 10.2. The number of amides is 1. The number of hydrogen-bond acceptors (Lipinski definition) is 4. The number of sulfonamides is 1. The van der Waals surface area contributed by atoms with Crippen LogP contribution in [0.4, 0.5) is 13.2 Å². The highest BCUT2D eigenvalue weighted by molar-refractivity contribution is 7.89. The van der Waals surface area contributed by atoms with Crippen LogP contribution in [0.15, 0.2) is 34.5 Å². The number of piperazine rings is 1. The van der Waals surface area contributed by atoms with E-state index in [1.165, 1.54) is 4.88 Å². The van der Waals surface area contributed by atoms with Crippen LogP contribution in [0.3, 0.4) is 0 Å². The Bertz CT molecular complexity index is 941.